The number of nitrogens with zero attached hydrogens (tertiary/aromatic N) is 2. The van der Waals surface area contributed by atoms with Crippen LogP contribution in [0.15, 0.2) is 72.9 Å². The summed E-state index contributed by atoms with van der Waals surface area (Å²) in [6, 6.07) is 20.1. The number of carboxylic acids is 1. The fraction of sp³-hybridized carbons (Fsp3) is 0.273. The van der Waals surface area contributed by atoms with Gasteiger partial charge in [0.2, 0.25) is 11.8 Å². The number of nitrogens with two attached hydrogens (primary N) is 1. The number of fused-ring (bicyclic) bond motifs is 1. The molecular formula is C33H34F3N5O6. The predicted octanol–water partition coefficient (Wildman–Crippen LogP) is 5.94. The van der Waals surface area contributed by atoms with Gasteiger partial charge in [0, 0.05) is 36.4 Å². The zero-order chi connectivity index (χ0) is 34.3. The van der Waals surface area contributed by atoms with Gasteiger partial charge in [-0.1, -0.05) is 18.2 Å². The molecule has 0 saturated carbocycles. The van der Waals surface area contributed by atoms with Gasteiger partial charge in [-0.3, -0.25) is 9.59 Å². The van der Waals surface area contributed by atoms with Crippen LogP contribution in [-0.2, 0) is 14.4 Å². The van der Waals surface area contributed by atoms with Gasteiger partial charge in [0.25, 0.3) is 0 Å². The van der Waals surface area contributed by atoms with Gasteiger partial charge in [0.15, 0.2) is 11.5 Å². The Hall–Kier alpha value is -5.53. The second-order valence-corrected chi connectivity index (χ2v) is 10.6. The average molecular weight is 654 g/mol. The molecule has 3 aromatic carbocycles. The highest BCUT2D eigenvalue weighted by molar-refractivity contribution is 5.94. The molecule has 1 unspecified atom stereocenters. The first-order chi connectivity index (χ1) is 22.3. The molecule has 1 aliphatic rings. The number of likely N-dealkylation sites (tertiary alicyclic amines) is 1. The maximum atomic E-state index is 14.4. The maximum absolute atomic E-state index is 14.4. The molecule has 0 radical (unpaired) electrons. The number of aliphatic carboxylic acids is 1. The van der Waals surface area contributed by atoms with E-state index >= 15 is 0 Å². The monoisotopic (exact) mass is 653 g/mol. The van der Waals surface area contributed by atoms with Gasteiger partial charge in [-0.05, 0) is 77.9 Å². The molecule has 1 fully saturated rings. The van der Waals surface area contributed by atoms with E-state index in [2.05, 4.69) is 15.6 Å². The number of nitrogen functional groups attached to an aromatic ring is 1. The lowest BCUT2D eigenvalue weighted by Gasteiger charge is -2.31. The number of rotatable bonds is 8. The van der Waals surface area contributed by atoms with Crippen molar-refractivity contribution in [1.29, 1.82) is 0 Å². The van der Waals surface area contributed by atoms with Crippen LogP contribution in [0.3, 0.4) is 0 Å². The summed E-state index contributed by atoms with van der Waals surface area (Å²) in [5, 5.41) is 15.2. The van der Waals surface area contributed by atoms with E-state index in [0.29, 0.717) is 29.5 Å². The van der Waals surface area contributed by atoms with Crippen molar-refractivity contribution in [1.82, 2.24) is 9.88 Å². The summed E-state index contributed by atoms with van der Waals surface area (Å²) < 4.78 is 42.7. The summed E-state index contributed by atoms with van der Waals surface area (Å²) in [6.45, 7) is 2.11. The first-order valence-corrected chi connectivity index (χ1v) is 14.4. The Morgan fingerprint density at radius 2 is 1.72 bits per heavy atom. The zero-order valence-corrected chi connectivity index (χ0v) is 25.8. The van der Waals surface area contributed by atoms with Crippen LogP contribution in [0.25, 0.3) is 10.8 Å². The van der Waals surface area contributed by atoms with Gasteiger partial charge in [-0.2, -0.15) is 13.2 Å². The highest BCUT2D eigenvalue weighted by Gasteiger charge is 2.38. The van der Waals surface area contributed by atoms with Crippen molar-refractivity contribution >= 4 is 45.7 Å². The quantitative estimate of drug-likeness (QED) is 0.181. The number of anilines is 3. The van der Waals surface area contributed by atoms with E-state index in [1.54, 1.807) is 26.5 Å². The minimum Gasteiger partial charge on any atom is -0.493 e. The molecule has 2 amide bonds. The third kappa shape index (κ3) is 8.39. The number of hydrogen-bond acceptors (Lipinski definition) is 8. The van der Waals surface area contributed by atoms with Crippen molar-refractivity contribution in [3.05, 3.63) is 84.1 Å². The maximum Gasteiger partial charge on any atom is 0.490 e. The molecule has 5 rings (SSSR count). The Bertz CT molecular complexity index is 1770. The molecule has 47 heavy (non-hydrogen) atoms. The normalized spacial score (nSPS) is 14.9. The zero-order valence-electron chi connectivity index (χ0n) is 25.8. The van der Waals surface area contributed by atoms with E-state index in [-0.39, 0.29) is 17.9 Å². The van der Waals surface area contributed by atoms with Crippen LogP contribution in [0.4, 0.5) is 30.4 Å². The van der Waals surface area contributed by atoms with Crippen LogP contribution in [0.5, 0.6) is 11.5 Å². The fourth-order valence-electron chi connectivity index (χ4n) is 5.35. The van der Waals surface area contributed by atoms with E-state index in [9.17, 15) is 22.8 Å². The summed E-state index contributed by atoms with van der Waals surface area (Å²) >= 11 is 0. The van der Waals surface area contributed by atoms with E-state index in [1.807, 2.05) is 65.6 Å². The molecule has 0 spiro atoms. The van der Waals surface area contributed by atoms with Crippen LogP contribution in [0, 0.1) is 0 Å². The molecule has 0 aliphatic carbocycles. The summed E-state index contributed by atoms with van der Waals surface area (Å²) in [4.78, 5) is 41.0. The van der Waals surface area contributed by atoms with Crippen LogP contribution < -0.4 is 25.8 Å². The molecule has 4 aromatic rings. The molecule has 2 atom stereocenters. The standard InChI is InChI=1S/C31H33N5O4.C2HF3O2/c1-19(37)34-23-7-4-6-21(17-23)26-8-5-15-36(26)31(38)29(22-9-12-27(39-2)28(18-22)40-3)35-24-10-11-25-20(16-24)13-14-33-30(25)32;3-2(4,5)1(6)7/h4,6-7,9-14,16-18,26,29,35H,5,8,15H2,1-3H3,(H2,32,33)(H,34,37);(H,6,7)/t26-,29?;/m1./s1. The number of carbonyl (C=O) groups excluding carboxylic acids is 2. The van der Waals surface area contributed by atoms with Gasteiger partial charge in [0.1, 0.15) is 11.9 Å². The van der Waals surface area contributed by atoms with Gasteiger partial charge in [-0.25, -0.2) is 9.78 Å². The van der Waals surface area contributed by atoms with Gasteiger partial charge < -0.3 is 35.8 Å². The van der Waals surface area contributed by atoms with Crippen LogP contribution in [0.2, 0.25) is 0 Å². The second kappa shape index (κ2) is 14.7. The molecule has 1 aromatic heterocycles. The smallest absolute Gasteiger partial charge is 0.490 e. The Kier molecular flexibility index (Phi) is 10.7. The summed E-state index contributed by atoms with van der Waals surface area (Å²) in [5.41, 5.74) is 9.27. The van der Waals surface area contributed by atoms with Crippen molar-refractivity contribution < 1.29 is 42.1 Å². The molecule has 11 nitrogen and oxygen atoms in total. The number of aromatic nitrogens is 1. The number of hydrogen-bond donors (Lipinski definition) is 4. The number of halogens is 3. The highest BCUT2D eigenvalue weighted by Crippen LogP contribution is 2.38. The second-order valence-electron chi connectivity index (χ2n) is 10.6. The minimum atomic E-state index is -5.08. The average Bonchev–Trinajstić information content (AvgIpc) is 3.53. The van der Waals surface area contributed by atoms with E-state index in [0.717, 1.165) is 40.4 Å². The summed E-state index contributed by atoms with van der Waals surface area (Å²) in [5.74, 6) is -1.38. The summed E-state index contributed by atoms with van der Waals surface area (Å²) in [6.07, 6.45) is -1.71. The van der Waals surface area contributed by atoms with Crippen LogP contribution >= 0.6 is 0 Å². The number of alkyl halides is 3. The number of methoxy groups -OCH3 is 2. The lowest BCUT2D eigenvalue weighted by Crippen LogP contribution is -2.37. The Labute approximate surface area is 268 Å². The molecule has 1 saturated heterocycles. The highest BCUT2D eigenvalue weighted by atomic mass is 19.4. The number of amides is 2. The van der Waals surface area contributed by atoms with Gasteiger partial charge in [-0.15, -0.1) is 0 Å². The van der Waals surface area contributed by atoms with E-state index < -0.39 is 18.2 Å². The van der Waals surface area contributed by atoms with Gasteiger partial charge in [0.05, 0.1) is 20.3 Å². The van der Waals surface area contributed by atoms with E-state index in [4.69, 9.17) is 25.1 Å². The van der Waals surface area contributed by atoms with Crippen molar-refractivity contribution in [2.45, 2.75) is 38.0 Å². The Morgan fingerprint density at radius 1 is 1.00 bits per heavy atom. The largest absolute Gasteiger partial charge is 0.493 e. The van der Waals surface area contributed by atoms with Crippen LogP contribution in [0.1, 0.15) is 43.0 Å². The number of benzene rings is 3. The minimum absolute atomic E-state index is 0.0611. The molecule has 14 heteroatoms. The molecule has 5 N–H and O–H groups in total. The third-order valence-electron chi connectivity index (χ3n) is 7.46. The number of carboxylic acid groups (broad SMARTS) is 1. The lowest BCUT2D eigenvalue weighted by molar-refractivity contribution is -0.192. The predicted molar refractivity (Wildman–Crippen MR) is 170 cm³/mol. The molecule has 2 heterocycles. The molecule has 1 aliphatic heterocycles. The first kappa shape index (κ1) is 34.3. The Balaban J connectivity index is 0.000000644. The van der Waals surface area contributed by atoms with Crippen molar-refractivity contribution in [2.24, 2.45) is 0 Å². The number of nitrogens with one attached hydrogen (secondary N) is 2. The van der Waals surface area contributed by atoms with Crippen molar-refractivity contribution in [3.8, 4) is 11.5 Å². The first-order valence-electron chi connectivity index (χ1n) is 14.4. The van der Waals surface area contributed by atoms with Crippen molar-refractivity contribution in [3.63, 3.8) is 0 Å². The molecule has 248 valence electrons. The summed E-state index contributed by atoms with van der Waals surface area (Å²) in [7, 11) is 3.16. The number of pyridine rings is 1. The molecule has 0 bridgehead atoms. The molecular weight excluding hydrogens is 619 g/mol. The van der Waals surface area contributed by atoms with Crippen LogP contribution in [-0.4, -0.2) is 59.7 Å². The Morgan fingerprint density at radius 3 is 2.38 bits per heavy atom. The lowest BCUT2D eigenvalue weighted by atomic mass is 10.0. The fourth-order valence-corrected chi connectivity index (χ4v) is 5.35. The third-order valence-corrected chi connectivity index (χ3v) is 7.46. The topological polar surface area (TPSA) is 156 Å². The SMILES string of the molecule is COc1ccc(C(Nc2ccc3c(N)nccc3c2)C(=O)N2CCC[C@@H]2c2cccc(NC(C)=O)c2)cc1OC.O=C(O)C(F)(F)F. The number of ether oxygens (including phenoxy) is 2. The van der Waals surface area contributed by atoms with Gasteiger partial charge >= 0.3 is 12.1 Å². The van der Waals surface area contributed by atoms with Crippen molar-refractivity contribution in [2.75, 3.05) is 37.1 Å². The van der Waals surface area contributed by atoms with E-state index in [1.165, 1.54) is 6.92 Å². The number of carbonyl (C=O) groups is 3.